The fourth-order valence-electron chi connectivity index (χ4n) is 3.02. The van der Waals surface area contributed by atoms with E-state index in [0.29, 0.717) is 6.54 Å². The molecule has 2 aromatic rings. The minimum absolute atomic E-state index is 0.00159. The smallest absolute Gasteiger partial charge is 0.338 e. The summed E-state index contributed by atoms with van der Waals surface area (Å²) in [5, 5.41) is 0.00159. The van der Waals surface area contributed by atoms with E-state index in [1.807, 2.05) is 30.3 Å². The first kappa shape index (κ1) is 23.2. The Labute approximate surface area is 186 Å². The number of likely N-dealkylation sites (N-methyl/N-ethyl adjacent to an activating group) is 1. The Hall–Kier alpha value is -2.46. The van der Waals surface area contributed by atoms with Crippen molar-refractivity contribution >= 4 is 33.5 Å². The Balaban J connectivity index is 1.65. The third-order valence-electron chi connectivity index (χ3n) is 4.77. The summed E-state index contributed by atoms with van der Waals surface area (Å²) in [4.78, 5) is 26.0. The van der Waals surface area contributed by atoms with Crippen LogP contribution < -0.4 is 0 Å². The van der Waals surface area contributed by atoms with E-state index in [0.717, 1.165) is 5.56 Å². The second kappa shape index (κ2) is 10.2. The van der Waals surface area contributed by atoms with E-state index in [9.17, 15) is 18.0 Å². The number of nitrogens with zero attached hydrogens (tertiary/aromatic N) is 2. The summed E-state index contributed by atoms with van der Waals surface area (Å²) in [6.07, 6.45) is 0. The van der Waals surface area contributed by atoms with Gasteiger partial charge in [-0.2, -0.15) is 4.31 Å². The molecule has 0 spiro atoms. The number of sulfonamides is 1. The molecule has 1 aliphatic heterocycles. The van der Waals surface area contributed by atoms with E-state index in [4.69, 9.17) is 21.1 Å². The summed E-state index contributed by atoms with van der Waals surface area (Å²) in [5.74, 6) is -1.19. The molecule has 0 unspecified atom stereocenters. The normalized spacial score (nSPS) is 14.8. The van der Waals surface area contributed by atoms with Crippen molar-refractivity contribution in [2.45, 2.75) is 11.4 Å². The van der Waals surface area contributed by atoms with Crippen molar-refractivity contribution < 1.29 is 27.5 Å². The van der Waals surface area contributed by atoms with E-state index < -0.39 is 22.6 Å². The molecule has 0 aromatic heterocycles. The first-order chi connectivity index (χ1) is 14.8. The molecule has 3 rings (SSSR count). The Bertz CT molecular complexity index is 1040. The predicted octanol–water partition coefficient (Wildman–Crippen LogP) is 2.18. The van der Waals surface area contributed by atoms with Crippen molar-refractivity contribution in [1.82, 2.24) is 9.21 Å². The second-order valence-electron chi connectivity index (χ2n) is 6.97. The summed E-state index contributed by atoms with van der Waals surface area (Å²) >= 11 is 6.10. The maximum Gasteiger partial charge on any atom is 0.338 e. The molecular weight excluding hydrogens is 444 g/mol. The topological polar surface area (TPSA) is 93.2 Å². The highest BCUT2D eigenvalue weighted by Gasteiger charge is 2.29. The van der Waals surface area contributed by atoms with Crippen molar-refractivity contribution in [3.8, 4) is 0 Å². The van der Waals surface area contributed by atoms with Gasteiger partial charge in [0.25, 0.3) is 5.91 Å². The quantitative estimate of drug-likeness (QED) is 0.580. The van der Waals surface area contributed by atoms with Gasteiger partial charge >= 0.3 is 5.97 Å². The van der Waals surface area contributed by atoms with Crippen molar-refractivity contribution in [3.63, 3.8) is 0 Å². The van der Waals surface area contributed by atoms with Crippen molar-refractivity contribution in [2.75, 3.05) is 40.0 Å². The van der Waals surface area contributed by atoms with Gasteiger partial charge in [-0.1, -0.05) is 41.9 Å². The number of ether oxygens (including phenoxy) is 2. The summed E-state index contributed by atoms with van der Waals surface area (Å²) in [6.45, 7) is 0.899. The molecule has 1 amide bonds. The number of carbonyl (C=O) groups is 2. The van der Waals surface area contributed by atoms with Crippen molar-refractivity contribution in [3.05, 3.63) is 64.7 Å². The summed E-state index contributed by atoms with van der Waals surface area (Å²) in [7, 11) is -2.28. The van der Waals surface area contributed by atoms with Crippen LogP contribution in [0, 0.1) is 0 Å². The number of halogens is 1. The first-order valence-electron chi connectivity index (χ1n) is 9.61. The lowest BCUT2D eigenvalue weighted by molar-refractivity contribution is -0.133. The standard InChI is InChI=1S/C21H23ClN2O6S/c1-23(14-16-5-3-2-4-6-16)20(25)15-30-21(26)17-7-8-18(22)19(13-17)31(27,28)24-9-11-29-12-10-24/h2-8,13H,9-12,14-15H2,1H3. The Morgan fingerprint density at radius 2 is 1.81 bits per heavy atom. The van der Waals surface area contributed by atoms with Crippen LogP contribution >= 0.6 is 11.6 Å². The van der Waals surface area contributed by atoms with Crippen molar-refractivity contribution in [1.29, 1.82) is 0 Å². The van der Waals surface area contributed by atoms with Crippen LogP contribution in [0.15, 0.2) is 53.4 Å². The highest BCUT2D eigenvalue weighted by atomic mass is 35.5. The molecule has 0 saturated carbocycles. The van der Waals surface area contributed by atoms with Crippen LogP contribution in [0.2, 0.25) is 5.02 Å². The lowest BCUT2D eigenvalue weighted by Gasteiger charge is -2.26. The summed E-state index contributed by atoms with van der Waals surface area (Å²) < 4.78 is 37.3. The molecule has 1 fully saturated rings. The number of hydrogen-bond donors (Lipinski definition) is 0. The van der Waals surface area contributed by atoms with E-state index in [1.165, 1.54) is 27.4 Å². The van der Waals surface area contributed by atoms with Gasteiger partial charge in [-0.05, 0) is 23.8 Å². The van der Waals surface area contributed by atoms with Crippen LogP contribution in [0.5, 0.6) is 0 Å². The Kier molecular flexibility index (Phi) is 7.66. The average molecular weight is 467 g/mol. The molecule has 8 nitrogen and oxygen atoms in total. The van der Waals surface area contributed by atoms with Gasteiger partial charge < -0.3 is 14.4 Å². The second-order valence-corrected chi connectivity index (χ2v) is 9.29. The zero-order valence-electron chi connectivity index (χ0n) is 17.0. The zero-order chi connectivity index (χ0) is 22.4. The average Bonchev–Trinajstić information content (AvgIpc) is 2.78. The molecule has 31 heavy (non-hydrogen) atoms. The number of benzene rings is 2. The molecule has 166 valence electrons. The minimum Gasteiger partial charge on any atom is -0.452 e. The Morgan fingerprint density at radius 1 is 1.13 bits per heavy atom. The van der Waals surface area contributed by atoms with Crippen molar-refractivity contribution in [2.24, 2.45) is 0 Å². The molecule has 0 bridgehead atoms. The van der Waals surface area contributed by atoms with Crippen LogP contribution in [0.25, 0.3) is 0 Å². The number of carbonyl (C=O) groups excluding carboxylic acids is 2. The maximum atomic E-state index is 12.9. The molecule has 2 aromatic carbocycles. The number of amides is 1. The molecule has 1 saturated heterocycles. The molecule has 0 N–H and O–H groups in total. The molecule has 1 heterocycles. The molecule has 1 aliphatic rings. The van der Waals surface area contributed by atoms with Crippen LogP contribution in [0.3, 0.4) is 0 Å². The van der Waals surface area contributed by atoms with Gasteiger partial charge in [0, 0.05) is 26.7 Å². The first-order valence-corrected chi connectivity index (χ1v) is 11.4. The van der Waals surface area contributed by atoms with E-state index >= 15 is 0 Å². The van der Waals surface area contributed by atoms with E-state index in [-0.39, 0.29) is 47.7 Å². The number of morpholine rings is 1. The summed E-state index contributed by atoms with van der Waals surface area (Å²) in [5.41, 5.74) is 0.940. The zero-order valence-corrected chi connectivity index (χ0v) is 18.6. The SMILES string of the molecule is CN(Cc1ccccc1)C(=O)COC(=O)c1ccc(Cl)c(S(=O)(=O)N2CCOCC2)c1. The maximum absolute atomic E-state index is 12.9. The minimum atomic E-state index is -3.89. The lowest BCUT2D eigenvalue weighted by atomic mass is 10.2. The molecule has 0 atom stereocenters. The van der Waals surface area contributed by atoms with Gasteiger partial charge in [0.05, 0.1) is 23.8 Å². The fourth-order valence-corrected chi connectivity index (χ4v) is 4.93. The third kappa shape index (κ3) is 5.82. The fraction of sp³-hybridized carbons (Fsp3) is 0.333. The number of hydrogen-bond acceptors (Lipinski definition) is 6. The highest BCUT2D eigenvalue weighted by molar-refractivity contribution is 7.89. The molecule has 0 aliphatic carbocycles. The van der Waals surface area contributed by atoms with E-state index in [1.54, 1.807) is 7.05 Å². The number of rotatable bonds is 7. The third-order valence-corrected chi connectivity index (χ3v) is 7.15. The van der Waals surface area contributed by atoms with Crippen LogP contribution in [-0.4, -0.2) is 69.5 Å². The van der Waals surface area contributed by atoms with Gasteiger partial charge in [0.15, 0.2) is 6.61 Å². The van der Waals surface area contributed by atoms with Gasteiger partial charge in [-0.15, -0.1) is 0 Å². The van der Waals surface area contributed by atoms with Crippen LogP contribution in [0.4, 0.5) is 0 Å². The highest BCUT2D eigenvalue weighted by Crippen LogP contribution is 2.26. The monoisotopic (exact) mass is 466 g/mol. The van der Waals surface area contributed by atoms with Gasteiger partial charge in [-0.3, -0.25) is 4.79 Å². The van der Waals surface area contributed by atoms with Crippen LogP contribution in [-0.2, 0) is 30.8 Å². The van der Waals surface area contributed by atoms with Gasteiger partial charge in [0.1, 0.15) is 4.90 Å². The summed E-state index contributed by atoms with van der Waals surface area (Å²) in [6, 6.07) is 13.3. The van der Waals surface area contributed by atoms with Crippen LogP contribution in [0.1, 0.15) is 15.9 Å². The number of esters is 1. The van der Waals surface area contributed by atoms with Gasteiger partial charge in [0.2, 0.25) is 10.0 Å². The Morgan fingerprint density at radius 3 is 2.48 bits per heavy atom. The lowest BCUT2D eigenvalue weighted by Crippen LogP contribution is -2.40. The predicted molar refractivity (Wildman–Crippen MR) is 114 cm³/mol. The molecule has 0 radical (unpaired) electrons. The van der Waals surface area contributed by atoms with Gasteiger partial charge in [-0.25, -0.2) is 13.2 Å². The molecular formula is C21H23ClN2O6S. The molecule has 10 heteroatoms. The van der Waals surface area contributed by atoms with E-state index in [2.05, 4.69) is 0 Å². The largest absolute Gasteiger partial charge is 0.452 e.